The first-order valence-electron chi connectivity index (χ1n) is 4.26. The van der Waals surface area contributed by atoms with Crippen molar-refractivity contribution in [3.05, 3.63) is 36.5 Å². The van der Waals surface area contributed by atoms with E-state index in [9.17, 15) is 4.79 Å². The summed E-state index contributed by atoms with van der Waals surface area (Å²) in [5.74, 6) is -0.138. The predicted molar refractivity (Wildman–Crippen MR) is 51.8 cm³/mol. The molecule has 0 aliphatic heterocycles. The summed E-state index contributed by atoms with van der Waals surface area (Å²) in [6, 6.07) is 9.57. The molecule has 0 unspecified atom stereocenters. The predicted octanol–water partition coefficient (Wildman–Crippen LogP) is 1.61. The Morgan fingerprint density at radius 1 is 1.29 bits per heavy atom. The minimum Gasteiger partial charge on any atom is -0.273 e. The molecule has 0 N–H and O–H groups in total. The molecule has 14 heavy (non-hydrogen) atoms. The van der Waals surface area contributed by atoms with E-state index in [4.69, 9.17) is 0 Å². The quantitative estimate of drug-likeness (QED) is 0.681. The molecule has 0 fully saturated rings. The van der Waals surface area contributed by atoms with E-state index >= 15 is 0 Å². The molecule has 0 amide bonds. The van der Waals surface area contributed by atoms with Crippen LogP contribution in [0, 0.1) is 0 Å². The average molecular weight is 187 g/mol. The van der Waals surface area contributed by atoms with Crippen molar-refractivity contribution in [1.29, 1.82) is 0 Å². The molecule has 2 rings (SSSR count). The fourth-order valence-corrected chi connectivity index (χ4v) is 1.27. The van der Waals surface area contributed by atoms with Gasteiger partial charge in [0.1, 0.15) is 0 Å². The van der Waals surface area contributed by atoms with Gasteiger partial charge in [-0.1, -0.05) is 35.5 Å². The first-order valence-corrected chi connectivity index (χ1v) is 4.26. The van der Waals surface area contributed by atoms with Crippen LogP contribution in [-0.2, 0) is 0 Å². The van der Waals surface area contributed by atoms with E-state index in [1.54, 1.807) is 6.20 Å². The van der Waals surface area contributed by atoms with Crippen molar-refractivity contribution in [2.75, 3.05) is 0 Å². The standard InChI is InChI=1S/C10H9N3O/c1-8(14)13-10(7-11-12-13)9-5-3-2-4-6-9/h2-7H,1H3. The van der Waals surface area contributed by atoms with Crippen LogP contribution in [0.25, 0.3) is 11.3 Å². The Balaban J connectivity index is 2.52. The number of carbonyl (C=O) groups excluding carboxylic acids is 1. The van der Waals surface area contributed by atoms with Gasteiger partial charge in [-0.3, -0.25) is 4.79 Å². The third-order valence-electron chi connectivity index (χ3n) is 1.92. The summed E-state index contributed by atoms with van der Waals surface area (Å²) >= 11 is 0. The summed E-state index contributed by atoms with van der Waals surface area (Å²) in [6.45, 7) is 1.46. The lowest BCUT2D eigenvalue weighted by atomic mass is 10.2. The molecule has 0 aliphatic carbocycles. The van der Waals surface area contributed by atoms with Crippen LogP contribution in [0.15, 0.2) is 36.5 Å². The molecule has 0 bridgehead atoms. The topological polar surface area (TPSA) is 47.8 Å². The van der Waals surface area contributed by atoms with Gasteiger partial charge in [-0.2, -0.15) is 4.68 Å². The molecule has 70 valence electrons. The van der Waals surface area contributed by atoms with Gasteiger partial charge < -0.3 is 0 Å². The molecular weight excluding hydrogens is 178 g/mol. The molecule has 0 atom stereocenters. The molecule has 0 saturated heterocycles. The van der Waals surface area contributed by atoms with Gasteiger partial charge in [-0.15, -0.1) is 5.10 Å². The Morgan fingerprint density at radius 2 is 2.00 bits per heavy atom. The number of carbonyl (C=O) groups is 1. The Morgan fingerprint density at radius 3 is 2.64 bits per heavy atom. The molecule has 2 aromatic rings. The highest BCUT2D eigenvalue weighted by Gasteiger charge is 2.08. The van der Waals surface area contributed by atoms with Crippen molar-refractivity contribution in [3.63, 3.8) is 0 Å². The Kier molecular flexibility index (Phi) is 2.10. The lowest BCUT2D eigenvalue weighted by Gasteiger charge is -2.00. The molecule has 1 heterocycles. The Labute approximate surface area is 81.2 Å². The summed E-state index contributed by atoms with van der Waals surface area (Å²) in [5.41, 5.74) is 1.66. The average Bonchev–Trinajstić information content (AvgIpc) is 2.67. The maximum atomic E-state index is 11.2. The zero-order chi connectivity index (χ0) is 9.97. The van der Waals surface area contributed by atoms with Crippen LogP contribution in [0.4, 0.5) is 0 Å². The maximum absolute atomic E-state index is 11.2. The largest absolute Gasteiger partial charge is 0.273 e. The van der Waals surface area contributed by atoms with Gasteiger partial charge in [-0.05, 0) is 0 Å². The van der Waals surface area contributed by atoms with Crippen LogP contribution in [0.5, 0.6) is 0 Å². The Hall–Kier alpha value is -1.97. The first-order chi connectivity index (χ1) is 6.79. The van der Waals surface area contributed by atoms with Gasteiger partial charge in [0.25, 0.3) is 0 Å². The van der Waals surface area contributed by atoms with Gasteiger partial charge in [0.15, 0.2) is 0 Å². The van der Waals surface area contributed by atoms with Crippen molar-refractivity contribution in [3.8, 4) is 11.3 Å². The van der Waals surface area contributed by atoms with Gasteiger partial charge in [0, 0.05) is 12.5 Å². The zero-order valence-corrected chi connectivity index (χ0v) is 7.71. The molecule has 0 saturated carbocycles. The number of aromatic nitrogens is 3. The van der Waals surface area contributed by atoms with Crippen molar-refractivity contribution in [1.82, 2.24) is 15.0 Å². The molecule has 0 spiro atoms. The van der Waals surface area contributed by atoms with Crippen molar-refractivity contribution in [2.24, 2.45) is 0 Å². The van der Waals surface area contributed by atoms with E-state index < -0.39 is 0 Å². The molecule has 4 heteroatoms. The third-order valence-corrected chi connectivity index (χ3v) is 1.92. The van der Waals surface area contributed by atoms with Crippen molar-refractivity contribution in [2.45, 2.75) is 6.92 Å². The summed E-state index contributed by atoms with van der Waals surface area (Å²) in [5, 5.41) is 7.42. The van der Waals surface area contributed by atoms with E-state index in [1.165, 1.54) is 11.6 Å². The summed E-state index contributed by atoms with van der Waals surface area (Å²) in [7, 11) is 0. The second-order valence-corrected chi connectivity index (χ2v) is 2.92. The van der Waals surface area contributed by atoms with E-state index in [-0.39, 0.29) is 5.91 Å². The number of benzene rings is 1. The molecule has 1 aromatic heterocycles. The smallest absolute Gasteiger partial charge is 0.245 e. The molecule has 0 radical (unpaired) electrons. The first kappa shape index (κ1) is 8.62. The fraction of sp³-hybridized carbons (Fsp3) is 0.100. The molecule has 1 aromatic carbocycles. The lowest BCUT2D eigenvalue weighted by Crippen LogP contribution is -2.09. The van der Waals surface area contributed by atoms with Crippen LogP contribution in [0.2, 0.25) is 0 Å². The monoisotopic (exact) mass is 187 g/mol. The zero-order valence-electron chi connectivity index (χ0n) is 7.71. The Bertz CT molecular complexity index is 447. The second kappa shape index (κ2) is 3.41. The van der Waals surface area contributed by atoms with Crippen LogP contribution >= 0.6 is 0 Å². The maximum Gasteiger partial charge on any atom is 0.245 e. The van der Waals surface area contributed by atoms with Gasteiger partial charge in [0.2, 0.25) is 5.91 Å². The lowest BCUT2D eigenvalue weighted by molar-refractivity contribution is 0.0921. The van der Waals surface area contributed by atoms with Crippen molar-refractivity contribution >= 4 is 5.91 Å². The normalized spacial score (nSPS) is 10.1. The highest BCUT2D eigenvalue weighted by Crippen LogP contribution is 2.16. The van der Waals surface area contributed by atoms with Crippen LogP contribution in [0.1, 0.15) is 11.7 Å². The molecule has 0 aliphatic rings. The van der Waals surface area contributed by atoms with Crippen LogP contribution in [-0.4, -0.2) is 20.9 Å². The highest BCUT2D eigenvalue weighted by atomic mass is 16.2. The third kappa shape index (κ3) is 1.42. The number of rotatable bonds is 1. The summed E-state index contributed by atoms with van der Waals surface area (Å²) in [4.78, 5) is 11.2. The van der Waals surface area contributed by atoms with Gasteiger partial charge in [0.05, 0.1) is 11.9 Å². The fourth-order valence-electron chi connectivity index (χ4n) is 1.27. The SMILES string of the molecule is CC(=O)n1nncc1-c1ccccc1. The van der Waals surface area contributed by atoms with E-state index in [1.807, 2.05) is 30.3 Å². The van der Waals surface area contributed by atoms with Gasteiger partial charge in [-0.25, -0.2) is 0 Å². The second-order valence-electron chi connectivity index (χ2n) is 2.92. The molecule has 4 nitrogen and oxygen atoms in total. The number of hydrogen-bond acceptors (Lipinski definition) is 3. The van der Waals surface area contributed by atoms with E-state index in [0.717, 1.165) is 11.3 Å². The van der Waals surface area contributed by atoms with Crippen LogP contribution in [0.3, 0.4) is 0 Å². The minimum absolute atomic E-state index is 0.138. The summed E-state index contributed by atoms with van der Waals surface area (Å²) in [6.07, 6.45) is 1.58. The minimum atomic E-state index is -0.138. The molecular formula is C10H9N3O. The number of nitrogens with zero attached hydrogens (tertiary/aromatic N) is 3. The van der Waals surface area contributed by atoms with Gasteiger partial charge >= 0.3 is 0 Å². The number of hydrogen-bond donors (Lipinski definition) is 0. The van der Waals surface area contributed by atoms with Crippen molar-refractivity contribution < 1.29 is 4.79 Å². The van der Waals surface area contributed by atoms with E-state index in [0.29, 0.717) is 0 Å². The summed E-state index contributed by atoms with van der Waals surface area (Å²) < 4.78 is 1.29. The van der Waals surface area contributed by atoms with Crippen LogP contribution < -0.4 is 0 Å². The highest BCUT2D eigenvalue weighted by molar-refractivity contribution is 5.80. The van der Waals surface area contributed by atoms with E-state index in [2.05, 4.69) is 10.3 Å².